The van der Waals surface area contributed by atoms with Crippen LogP contribution in [0.5, 0.6) is 0 Å². The zero-order valence-corrected chi connectivity index (χ0v) is 12.6. The third kappa shape index (κ3) is 5.13. The molecular formula is C15H20F2N2O2. The Morgan fingerprint density at radius 2 is 1.67 bits per heavy atom. The summed E-state index contributed by atoms with van der Waals surface area (Å²) in [4.78, 5) is 25.5. The van der Waals surface area contributed by atoms with Gasteiger partial charge in [0.05, 0.1) is 0 Å². The lowest BCUT2D eigenvalue weighted by Crippen LogP contribution is -2.47. The number of hydrogen-bond acceptors (Lipinski definition) is 2. The Kier molecular flexibility index (Phi) is 5.81. The molecule has 1 aromatic carbocycles. The predicted octanol–water partition coefficient (Wildman–Crippen LogP) is 2.20. The van der Waals surface area contributed by atoms with Crippen molar-refractivity contribution in [3.05, 3.63) is 35.4 Å². The van der Waals surface area contributed by atoms with Crippen LogP contribution < -0.4 is 5.32 Å². The van der Waals surface area contributed by atoms with Crippen LogP contribution in [-0.4, -0.2) is 36.9 Å². The number of carbonyl (C=O) groups is 2. The van der Waals surface area contributed by atoms with Crippen LogP contribution >= 0.6 is 0 Å². The van der Waals surface area contributed by atoms with Gasteiger partial charge in [0, 0.05) is 25.7 Å². The van der Waals surface area contributed by atoms with Crippen molar-refractivity contribution in [1.82, 2.24) is 10.2 Å². The van der Waals surface area contributed by atoms with Crippen LogP contribution in [0.3, 0.4) is 0 Å². The molecule has 1 aromatic rings. The Morgan fingerprint density at radius 3 is 2.10 bits per heavy atom. The summed E-state index contributed by atoms with van der Waals surface area (Å²) in [6, 6.07) is 1.84. The normalized spacial score (nSPS) is 12.1. The first-order chi connectivity index (χ1) is 9.70. The molecule has 0 radical (unpaired) electrons. The molecule has 1 rings (SSSR count). The molecule has 0 saturated heterocycles. The van der Waals surface area contributed by atoms with E-state index in [-0.39, 0.29) is 17.4 Å². The third-order valence-corrected chi connectivity index (χ3v) is 2.88. The van der Waals surface area contributed by atoms with Crippen molar-refractivity contribution in [3.8, 4) is 0 Å². The quantitative estimate of drug-likeness (QED) is 0.906. The number of amides is 2. The molecule has 1 atom stereocenters. The molecule has 0 spiro atoms. The largest absolute Gasteiger partial charge is 0.347 e. The molecular weight excluding hydrogens is 278 g/mol. The monoisotopic (exact) mass is 298 g/mol. The molecule has 116 valence electrons. The number of carbonyl (C=O) groups excluding carboxylic acids is 2. The van der Waals surface area contributed by atoms with Gasteiger partial charge < -0.3 is 10.2 Å². The minimum Gasteiger partial charge on any atom is -0.347 e. The Morgan fingerprint density at radius 1 is 1.14 bits per heavy atom. The highest BCUT2D eigenvalue weighted by Crippen LogP contribution is 2.11. The number of nitrogens with zero attached hydrogens (tertiary/aromatic N) is 1. The molecule has 6 heteroatoms. The summed E-state index contributed by atoms with van der Waals surface area (Å²) < 4.78 is 26.3. The van der Waals surface area contributed by atoms with Gasteiger partial charge in [0.1, 0.15) is 17.7 Å². The van der Waals surface area contributed by atoms with Gasteiger partial charge in [0.2, 0.25) is 5.91 Å². The lowest BCUT2D eigenvalue weighted by molar-refractivity contribution is -0.131. The SMILES string of the molecule is CC(C)CC(NC(=O)c1cc(F)cc(F)c1)C(=O)N(C)C. The first kappa shape index (κ1) is 17.1. The number of hydrogen-bond donors (Lipinski definition) is 1. The van der Waals surface area contributed by atoms with Gasteiger partial charge in [-0.3, -0.25) is 9.59 Å². The zero-order chi connectivity index (χ0) is 16.2. The summed E-state index contributed by atoms with van der Waals surface area (Å²) in [6.07, 6.45) is 0.445. The molecule has 0 heterocycles. The van der Waals surface area contributed by atoms with Crippen LogP contribution in [0, 0.1) is 17.6 Å². The van der Waals surface area contributed by atoms with Crippen LogP contribution in [-0.2, 0) is 4.79 Å². The summed E-state index contributed by atoms with van der Waals surface area (Å²) in [5, 5.41) is 2.54. The molecule has 1 N–H and O–H groups in total. The van der Waals surface area contributed by atoms with Gasteiger partial charge in [-0.15, -0.1) is 0 Å². The molecule has 0 aromatic heterocycles. The Bertz CT molecular complexity index is 510. The molecule has 0 aliphatic carbocycles. The number of rotatable bonds is 5. The molecule has 0 bridgehead atoms. The zero-order valence-electron chi connectivity index (χ0n) is 12.6. The van der Waals surface area contributed by atoms with Crippen molar-refractivity contribution in [2.45, 2.75) is 26.3 Å². The van der Waals surface area contributed by atoms with E-state index in [1.807, 2.05) is 13.8 Å². The lowest BCUT2D eigenvalue weighted by Gasteiger charge is -2.23. The Labute approximate surface area is 123 Å². The van der Waals surface area contributed by atoms with Crippen LogP contribution in [0.25, 0.3) is 0 Å². The summed E-state index contributed by atoms with van der Waals surface area (Å²) in [6.45, 7) is 3.84. The predicted molar refractivity (Wildman–Crippen MR) is 75.8 cm³/mol. The average Bonchev–Trinajstić information content (AvgIpc) is 2.35. The molecule has 0 saturated carbocycles. The molecule has 4 nitrogen and oxygen atoms in total. The van der Waals surface area contributed by atoms with Crippen LogP contribution in [0.15, 0.2) is 18.2 Å². The van der Waals surface area contributed by atoms with Crippen molar-refractivity contribution in [2.75, 3.05) is 14.1 Å². The molecule has 1 unspecified atom stereocenters. The summed E-state index contributed by atoms with van der Waals surface area (Å²) in [5.41, 5.74) is -0.146. The van der Waals surface area contributed by atoms with Crippen molar-refractivity contribution in [2.24, 2.45) is 5.92 Å². The highest BCUT2D eigenvalue weighted by atomic mass is 19.1. The van der Waals surface area contributed by atoms with Gasteiger partial charge in [-0.2, -0.15) is 0 Å². The van der Waals surface area contributed by atoms with Gasteiger partial charge in [0.25, 0.3) is 5.91 Å². The second-order valence-corrected chi connectivity index (χ2v) is 5.55. The first-order valence-electron chi connectivity index (χ1n) is 6.68. The van der Waals surface area contributed by atoms with Gasteiger partial charge >= 0.3 is 0 Å². The Balaban J connectivity index is 2.91. The van der Waals surface area contributed by atoms with Crippen LogP contribution in [0.2, 0.25) is 0 Å². The van der Waals surface area contributed by atoms with E-state index < -0.39 is 23.6 Å². The fraction of sp³-hybridized carbons (Fsp3) is 0.467. The highest BCUT2D eigenvalue weighted by molar-refractivity contribution is 5.97. The van der Waals surface area contributed by atoms with Gasteiger partial charge in [-0.1, -0.05) is 13.8 Å². The molecule has 21 heavy (non-hydrogen) atoms. The number of benzene rings is 1. The second-order valence-electron chi connectivity index (χ2n) is 5.55. The second kappa shape index (κ2) is 7.15. The maximum atomic E-state index is 13.1. The van der Waals surface area contributed by atoms with E-state index in [9.17, 15) is 18.4 Å². The average molecular weight is 298 g/mol. The third-order valence-electron chi connectivity index (χ3n) is 2.88. The number of halogens is 2. The van der Waals surface area contributed by atoms with Gasteiger partial charge in [0.15, 0.2) is 0 Å². The van der Waals surface area contributed by atoms with Crippen molar-refractivity contribution < 1.29 is 18.4 Å². The number of nitrogens with one attached hydrogen (secondary N) is 1. The van der Waals surface area contributed by atoms with E-state index >= 15 is 0 Å². The summed E-state index contributed by atoms with van der Waals surface area (Å²) in [5.74, 6) is -2.41. The lowest BCUT2D eigenvalue weighted by atomic mass is 10.0. The standard InChI is InChI=1S/C15H20F2N2O2/c1-9(2)5-13(15(21)19(3)4)18-14(20)10-6-11(16)8-12(17)7-10/h6-9,13H,5H2,1-4H3,(H,18,20). The van der Waals surface area contributed by atoms with E-state index in [0.29, 0.717) is 12.5 Å². The van der Waals surface area contributed by atoms with Crippen LogP contribution in [0.1, 0.15) is 30.6 Å². The van der Waals surface area contributed by atoms with Crippen LogP contribution in [0.4, 0.5) is 8.78 Å². The minimum atomic E-state index is -0.834. The van der Waals surface area contributed by atoms with E-state index in [0.717, 1.165) is 12.1 Å². The molecule has 0 aliphatic rings. The van der Waals surface area contributed by atoms with Gasteiger partial charge in [-0.25, -0.2) is 8.78 Å². The van der Waals surface area contributed by atoms with E-state index in [4.69, 9.17) is 0 Å². The molecule has 0 aliphatic heterocycles. The molecule has 0 fully saturated rings. The fourth-order valence-corrected chi connectivity index (χ4v) is 1.93. The smallest absolute Gasteiger partial charge is 0.252 e. The van der Waals surface area contributed by atoms with Gasteiger partial charge in [-0.05, 0) is 24.5 Å². The molecule has 2 amide bonds. The minimum absolute atomic E-state index is 0.146. The fourth-order valence-electron chi connectivity index (χ4n) is 1.93. The highest BCUT2D eigenvalue weighted by Gasteiger charge is 2.24. The maximum Gasteiger partial charge on any atom is 0.252 e. The topological polar surface area (TPSA) is 49.4 Å². The summed E-state index contributed by atoms with van der Waals surface area (Å²) >= 11 is 0. The van der Waals surface area contributed by atoms with Crippen molar-refractivity contribution in [3.63, 3.8) is 0 Å². The van der Waals surface area contributed by atoms with E-state index in [2.05, 4.69) is 5.32 Å². The van der Waals surface area contributed by atoms with E-state index in [1.54, 1.807) is 14.1 Å². The van der Waals surface area contributed by atoms with E-state index in [1.165, 1.54) is 4.90 Å². The van der Waals surface area contributed by atoms with Crippen molar-refractivity contribution >= 4 is 11.8 Å². The Hall–Kier alpha value is -1.98. The summed E-state index contributed by atoms with van der Waals surface area (Å²) in [7, 11) is 3.17. The maximum absolute atomic E-state index is 13.1. The number of likely N-dealkylation sites (N-methyl/N-ethyl adjacent to an activating group) is 1. The first-order valence-corrected chi connectivity index (χ1v) is 6.68. The van der Waals surface area contributed by atoms with Crippen molar-refractivity contribution in [1.29, 1.82) is 0 Å².